The van der Waals surface area contributed by atoms with Crippen molar-refractivity contribution in [3.8, 4) is 28.1 Å². The molecular weight excluding hydrogens is 898 g/mol. The molecule has 0 saturated carbocycles. The number of hydrogen-bond acceptors (Lipinski definition) is 11. The molecule has 372 valence electrons. The van der Waals surface area contributed by atoms with Gasteiger partial charge < -0.3 is 34.3 Å². The molecule has 2 aromatic carbocycles. The van der Waals surface area contributed by atoms with E-state index in [-0.39, 0.29) is 31.4 Å². The van der Waals surface area contributed by atoms with Gasteiger partial charge >= 0.3 is 12.1 Å². The van der Waals surface area contributed by atoms with Crippen molar-refractivity contribution in [1.82, 2.24) is 40.4 Å². The first-order valence-electron chi connectivity index (χ1n) is 23.4. The highest BCUT2D eigenvalue weighted by molar-refractivity contribution is 5.96. The molecule has 2 saturated heterocycles. The van der Waals surface area contributed by atoms with Gasteiger partial charge in [-0.15, -0.1) is 0 Å². The third kappa shape index (κ3) is 10.9. The first kappa shape index (κ1) is 50.8. The number of hydrazine groups is 1. The molecule has 2 aromatic heterocycles. The molecule has 2 fully saturated rings. The van der Waals surface area contributed by atoms with Gasteiger partial charge in [-0.05, 0) is 97.7 Å². The third-order valence-electron chi connectivity index (χ3n) is 13.3. The van der Waals surface area contributed by atoms with Crippen molar-refractivity contribution >= 4 is 40.5 Å². The number of nitrogens with one attached hydrogen (secondary N) is 3. The summed E-state index contributed by atoms with van der Waals surface area (Å²) in [6, 6.07) is 8.13. The number of rotatable bonds is 11. The Balaban J connectivity index is 1.27. The lowest BCUT2D eigenvalue weighted by atomic mass is 9.84. The minimum Gasteiger partial charge on any atom is -0.508 e. The largest absolute Gasteiger partial charge is 0.508 e. The first-order valence-corrected chi connectivity index (χ1v) is 23.4. The number of phenolic OH excluding ortho intramolecular Hbond substituents is 1. The molecule has 16 nitrogen and oxygen atoms in total. The summed E-state index contributed by atoms with van der Waals surface area (Å²) in [7, 11) is 4.21. The van der Waals surface area contributed by atoms with E-state index in [4.69, 9.17) is 14.5 Å². The summed E-state index contributed by atoms with van der Waals surface area (Å²) in [6.07, 6.45) is -2.01. The van der Waals surface area contributed by atoms with Crippen LogP contribution in [0.3, 0.4) is 0 Å². The number of cyclic esters (lactones) is 1. The van der Waals surface area contributed by atoms with Crippen LogP contribution in [0.1, 0.15) is 77.3 Å². The van der Waals surface area contributed by atoms with Crippen molar-refractivity contribution in [2.75, 3.05) is 40.9 Å². The van der Waals surface area contributed by atoms with E-state index < -0.39 is 83.9 Å². The van der Waals surface area contributed by atoms with Gasteiger partial charge in [0.15, 0.2) is 0 Å². The van der Waals surface area contributed by atoms with Gasteiger partial charge in [0, 0.05) is 68.8 Å². The van der Waals surface area contributed by atoms with E-state index >= 15 is 0 Å². The highest BCUT2D eigenvalue weighted by atomic mass is 19.4. The number of phenols is 1. The highest BCUT2D eigenvalue weighted by Gasteiger charge is 2.59. The van der Waals surface area contributed by atoms with E-state index in [1.807, 2.05) is 51.1 Å². The number of alkyl halides is 3. The predicted octanol–water partition coefficient (Wildman–Crippen LogP) is 5.30. The zero-order valence-corrected chi connectivity index (χ0v) is 40.6. The molecule has 0 spiro atoms. The number of ether oxygens (including phenoxy) is 2. The molecule has 3 aliphatic rings. The quantitative estimate of drug-likeness (QED) is 0.113. The highest BCUT2D eigenvalue weighted by Crippen LogP contribution is 2.42. The van der Waals surface area contributed by atoms with Crippen molar-refractivity contribution < 1.29 is 51.7 Å². The van der Waals surface area contributed by atoms with Gasteiger partial charge in [0.05, 0.1) is 30.6 Å². The van der Waals surface area contributed by atoms with Gasteiger partial charge in [-0.1, -0.05) is 39.8 Å². The number of methoxy groups -OCH3 is 1. The third-order valence-corrected chi connectivity index (χ3v) is 13.3. The Hall–Kier alpha value is -6.05. The number of pyridine rings is 1. The van der Waals surface area contributed by atoms with Gasteiger partial charge in [0.25, 0.3) is 5.91 Å². The van der Waals surface area contributed by atoms with Crippen LogP contribution in [0.5, 0.6) is 5.75 Å². The number of aromatic nitrogens is 2. The normalized spacial score (nSPS) is 21.6. The Labute approximate surface area is 399 Å². The number of carbonyl (C=O) groups is 5. The Kier molecular flexibility index (Phi) is 14.8. The van der Waals surface area contributed by atoms with Gasteiger partial charge in [0.2, 0.25) is 17.7 Å². The molecule has 0 aliphatic carbocycles. The smallest absolute Gasteiger partial charge is 0.405 e. The molecular formula is C50H63F3N8O8. The zero-order valence-electron chi connectivity index (χ0n) is 40.6. The zero-order chi connectivity index (χ0) is 50.3. The first-order chi connectivity index (χ1) is 32.5. The summed E-state index contributed by atoms with van der Waals surface area (Å²) in [5.41, 5.74) is 8.99. The number of halogens is 3. The lowest BCUT2D eigenvalue weighted by molar-refractivity contribution is -0.155. The number of fused-ring (bicyclic) bond motifs is 6. The van der Waals surface area contributed by atoms with E-state index in [1.54, 1.807) is 33.2 Å². The van der Waals surface area contributed by atoms with Crippen LogP contribution < -0.4 is 16.1 Å². The maximum absolute atomic E-state index is 14.7. The summed E-state index contributed by atoms with van der Waals surface area (Å²) in [6.45, 7) is 11.8. The second-order valence-corrected chi connectivity index (χ2v) is 19.6. The molecule has 4 aromatic rings. The number of amides is 4. The summed E-state index contributed by atoms with van der Waals surface area (Å²) in [5, 5.41) is 18.5. The van der Waals surface area contributed by atoms with E-state index in [1.165, 1.54) is 25.2 Å². The molecule has 4 amide bonds. The van der Waals surface area contributed by atoms with Gasteiger partial charge in [0.1, 0.15) is 36.0 Å². The van der Waals surface area contributed by atoms with Crippen LogP contribution in [-0.4, -0.2) is 136 Å². The van der Waals surface area contributed by atoms with Gasteiger partial charge in [-0.25, -0.2) is 5.43 Å². The summed E-state index contributed by atoms with van der Waals surface area (Å²) >= 11 is 0. The monoisotopic (exact) mass is 960 g/mol. The molecule has 69 heavy (non-hydrogen) atoms. The molecule has 0 radical (unpaired) electrons. The number of benzene rings is 2. The molecule has 6 atom stereocenters. The average molecular weight is 961 g/mol. The maximum Gasteiger partial charge on any atom is 0.405 e. The minimum atomic E-state index is -4.63. The maximum atomic E-state index is 14.7. The van der Waals surface area contributed by atoms with E-state index in [0.717, 1.165) is 48.8 Å². The summed E-state index contributed by atoms with van der Waals surface area (Å²) < 4.78 is 53.7. The van der Waals surface area contributed by atoms with E-state index in [2.05, 4.69) is 33.6 Å². The molecule has 19 heteroatoms. The van der Waals surface area contributed by atoms with Gasteiger partial charge in [-0.2, -0.15) is 13.2 Å². The van der Waals surface area contributed by atoms with Gasteiger partial charge in [-0.3, -0.25) is 39.3 Å². The Morgan fingerprint density at radius 2 is 1.81 bits per heavy atom. The van der Waals surface area contributed by atoms with Crippen LogP contribution in [-0.2, 0) is 52.8 Å². The molecule has 1 unspecified atom stereocenters. The second kappa shape index (κ2) is 20.1. The Morgan fingerprint density at radius 3 is 2.48 bits per heavy atom. The van der Waals surface area contributed by atoms with Crippen LogP contribution >= 0.6 is 0 Å². The van der Waals surface area contributed by atoms with Crippen LogP contribution in [0, 0.1) is 11.3 Å². The summed E-state index contributed by atoms with van der Waals surface area (Å²) in [4.78, 5) is 76.2. The molecule has 6 bridgehead atoms. The molecule has 3 aliphatic heterocycles. The lowest BCUT2D eigenvalue weighted by Gasteiger charge is -2.37. The number of aryl methyl sites for hydroxylation is 1. The fourth-order valence-electron chi connectivity index (χ4n) is 9.67. The number of carbonyl (C=O) groups excluding carboxylic acids is 5. The molecule has 5 heterocycles. The standard InChI is InChI=1S/C50H63F3N8O8/c1-10-60-38-16-15-30-23-34(38)35(43(60)33-13-11-17-54-40(33)28(4)68-9)24-49(5,6)26-69-48(67)36-14-12-18-61(57-36)46(65)37(21-29-19-31(30)22-32(62)20-29)55-45(64)42(27(2)3)59(8)39(63)25-58(7)47(66)41-44(56-41)50(51,52)53/h11,13,15-17,19-20,22-23,27-28,36-37,41-42,44,56-57,62H,10,12,14,18,21,24-26H2,1-9H3,(H,55,64)/t28-,36-,37-,41+,42?,44+/m0/s1. The van der Waals surface area contributed by atoms with Crippen molar-refractivity contribution in [3.63, 3.8) is 0 Å². The van der Waals surface area contributed by atoms with Crippen LogP contribution in [0.2, 0.25) is 0 Å². The Bertz CT molecular complexity index is 2620. The van der Waals surface area contributed by atoms with Crippen molar-refractivity contribution in [1.29, 1.82) is 0 Å². The van der Waals surface area contributed by atoms with Crippen molar-refractivity contribution in [2.45, 2.75) is 116 Å². The molecule has 4 N–H and O–H groups in total. The predicted molar refractivity (Wildman–Crippen MR) is 251 cm³/mol. The van der Waals surface area contributed by atoms with Crippen LogP contribution in [0.25, 0.3) is 33.3 Å². The van der Waals surface area contributed by atoms with Crippen LogP contribution in [0.4, 0.5) is 13.2 Å². The summed E-state index contributed by atoms with van der Waals surface area (Å²) in [5.74, 6) is -4.09. The van der Waals surface area contributed by atoms with Crippen molar-refractivity contribution in [2.24, 2.45) is 11.3 Å². The number of likely N-dealkylation sites (N-methyl/N-ethyl adjacent to an activating group) is 2. The second-order valence-electron chi connectivity index (χ2n) is 19.6. The SMILES string of the molecule is CCn1c(-c2cccnc2[C@H](C)OC)c2c3cc(ccc31)-c1cc(O)cc(c1)C[C@H](NC(=O)C(C(C)C)N(C)C(=O)CN(C)C(=O)[C@@H]1N[C@H]1C(F)(F)F)C(=O)N1CCC[C@H](N1)C(=O)OCC(C)(C)C2. The Morgan fingerprint density at radius 1 is 1.07 bits per heavy atom. The number of aromatic hydroxyl groups is 1. The minimum absolute atomic E-state index is 0.0528. The topological polar surface area (TPSA) is 198 Å². The van der Waals surface area contributed by atoms with Crippen molar-refractivity contribution in [3.05, 3.63) is 71.5 Å². The fourth-order valence-corrected chi connectivity index (χ4v) is 9.67. The number of nitrogens with zero attached hydrogens (tertiary/aromatic N) is 5. The number of esters is 1. The van der Waals surface area contributed by atoms with E-state index in [0.29, 0.717) is 36.9 Å². The lowest BCUT2D eigenvalue weighted by Crippen LogP contribution is -2.62. The van der Waals surface area contributed by atoms with Crippen LogP contribution in [0.15, 0.2) is 54.7 Å². The fraction of sp³-hybridized carbons (Fsp3) is 0.520. The van der Waals surface area contributed by atoms with E-state index in [9.17, 15) is 42.3 Å². The average Bonchev–Trinajstić information content (AvgIpc) is 4.07. The number of hydrogen-bond donors (Lipinski definition) is 4. The molecule has 7 rings (SSSR count).